The predicted molar refractivity (Wildman–Crippen MR) is 86.4 cm³/mol. The van der Waals surface area contributed by atoms with Gasteiger partial charge in [0.1, 0.15) is 13.2 Å². The number of nitrogens with one attached hydrogen (secondary N) is 1. The number of aliphatic hydroxyl groups is 1. The molecule has 2 rings (SSSR count). The lowest BCUT2D eigenvalue weighted by atomic mass is 10.1. The van der Waals surface area contributed by atoms with Crippen molar-refractivity contribution in [3.05, 3.63) is 17.7 Å². The van der Waals surface area contributed by atoms with Crippen LogP contribution in [0.1, 0.15) is 25.8 Å². The van der Waals surface area contributed by atoms with Crippen LogP contribution in [0.4, 0.5) is 0 Å². The van der Waals surface area contributed by atoms with Crippen molar-refractivity contribution in [3.63, 3.8) is 0 Å². The molecule has 0 spiro atoms. The lowest BCUT2D eigenvalue weighted by molar-refractivity contribution is 0.146. The van der Waals surface area contributed by atoms with Crippen LogP contribution in [0, 0.1) is 5.92 Å². The minimum atomic E-state index is -0.292. The summed E-state index contributed by atoms with van der Waals surface area (Å²) in [6.07, 6.45) is 2.59. The summed E-state index contributed by atoms with van der Waals surface area (Å²) in [6.45, 7) is 6.79. The van der Waals surface area contributed by atoms with Crippen LogP contribution >= 0.6 is 11.8 Å². The lowest BCUT2D eigenvalue weighted by Crippen LogP contribution is -2.27. The van der Waals surface area contributed by atoms with Crippen LogP contribution in [0.3, 0.4) is 0 Å². The molecule has 2 N–H and O–H groups in total. The fraction of sp³-hybridized carbons (Fsp3) is 0.625. The van der Waals surface area contributed by atoms with Crippen LogP contribution in [0.5, 0.6) is 11.5 Å². The van der Waals surface area contributed by atoms with Crippen molar-refractivity contribution in [3.8, 4) is 11.5 Å². The summed E-state index contributed by atoms with van der Waals surface area (Å²) in [5.41, 5.74) is 1.18. The Morgan fingerprint density at radius 1 is 1.24 bits per heavy atom. The molecule has 0 saturated carbocycles. The predicted octanol–water partition coefficient (Wildman–Crippen LogP) is 2.68. The van der Waals surface area contributed by atoms with E-state index in [1.807, 2.05) is 12.1 Å². The Hall–Kier alpha value is -0.910. The first-order chi connectivity index (χ1) is 10.1. The Morgan fingerprint density at radius 3 is 2.52 bits per heavy atom. The molecule has 4 nitrogen and oxygen atoms in total. The van der Waals surface area contributed by atoms with Gasteiger partial charge in [-0.1, -0.05) is 13.8 Å². The van der Waals surface area contributed by atoms with Gasteiger partial charge in [-0.25, -0.2) is 0 Å². The van der Waals surface area contributed by atoms with Gasteiger partial charge in [-0.05, 0) is 36.3 Å². The number of benzene rings is 1. The van der Waals surface area contributed by atoms with E-state index in [4.69, 9.17) is 9.47 Å². The summed E-state index contributed by atoms with van der Waals surface area (Å²) in [5, 5.41) is 13.2. The number of rotatable bonds is 7. The first kappa shape index (κ1) is 16.5. The summed E-state index contributed by atoms with van der Waals surface area (Å²) in [7, 11) is 0. The highest BCUT2D eigenvalue weighted by Crippen LogP contribution is 2.36. The molecule has 1 aromatic rings. The second-order valence-electron chi connectivity index (χ2n) is 5.72. The van der Waals surface area contributed by atoms with Gasteiger partial charge in [-0.15, -0.1) is 11.8 Å². The monoisotopic (exact) mass is 311 g/mol. The van der Waals surface area contributed by atoms with E-state index in [1.165, 1.54) is 10.5 Å². The van der Waals surface area contributed by atoms with E-state index >= 15 is 0 Å². The molecule has 0 bridgehead atoms. The van der Waals surface area contributed by atoms with Crippen LogP contribution < -0.4 is 14.8 Å². The van der Waals surface area contributed by atoms with Crippen LogP contribution in [-0.4, -0.2) is 37.2 Å². The SMILES string of the molecule is CSc1cc2c(cc1CNCC(O)CC(C)C)OCCO2. The number of hydrogen-bond acceptors (Lipinski definition) is 5. The second-order valence-corrected chi connectivity index (χ2v) is 6.57. The molecule has 118 valence electrons. The molecule has 0 saturated heterocycles. The third-order valence-electron chi connectivity index (χ3n) is 3.38. The molecular weight excluding hydrogens is 286 g/mol. The van der Waals surface area contributed by atoms with Gasteiger partial charge in [0.15, 0.2) is 11.5 Å². The van der Waals surface area contributed by atoms with Crippen LogP contribution in [0.15, 0.2) is 17.0 Å². The van der Waals surface area contributed by atoms with Crippen LogP contribution in [0.25, 0.3) is 0 Å². The molecule has 5 heteroatoms. The second kappa shape index (κ2) is 7.92. The molecule has 0 aromatic heterocycles. The van der Waals surface area contributed by atoms with E-state index in [1.54, 1.807) is 11.8 Å². The fourth-order valence-electron chi connectivity index (χ4n) is 2.44. The maximum absolute atomic E-state index is 9.90. The highest BCUT2D eigenvalue weighted by molar-refractivity contribution is 7.98. The molecular formula is C16H25NO3S. The molecule has 1 atom stereocenters. The molecule has 0 fully saturated rings. The molecule has 0 amide bonds. The third kappa shape index (κ3) is 4.80. The molecule has 1 unspecified atom stereocenters. The zero-order valence-corrected chi connectivity index (χ0v) is 13.8. The summed E-state index contributed by atoms with van der Waals surface area (Å²) in [4.78, 5) is 1.19. The molecule has 1 aromatic carbocycles. The van der Waals surface area contributed by atoms with Gasteiger partial charge < -0.3 is 19.9 Å². The van der Waals surface area contributed by atoms with Gasteiger partial charge in [-0.3, -0.25) is 0 Å². The normalized spacial score (nSPS) is 15.3. The molecule has 1 aliphatic heterocycles. The molecule has 0 radical (unpaired) electrons. The van der Waals surface area contributed by atoms with E-state index in [2.05, 4.69) is 25.4 Å². The zero-order valence-electron chi connectivity index (χ0n) is 13.0. The van der Waals surface area contributed by atoms with Crippen molar-refractivity contribution in [1.82, 2.24) is 5.32 Å². The Labute approximate surface area is 131 Å². The van der Waals surface area contributed by atoms with E-state index in [9.17, 15) is 5.11 Å². The number of thioether (sulfide) groups is 1. The minimum absolute atomic E-state index is 0.292. The van der Waals surface area contributed by atoms with E-state index in [0.29, 0.717) is 25.7 Å². The number of ether oxygens (including phenoxy) is 2. The average Bonchev–Trinajstić information content (AvgIpc) is 2.45. The minimum Gasteiger partial charge on any atom is -0.486 e. The van der Waals surface area contributed by atoms with E-state index in [0.717, 1.165) is 24.5 Å². The smallest absolute Gasteiger partial charge is 0.162 e. The standard InChI is InChI=1S/C16H25NO3S/c1-11(2)6-13(18)10-17-9-12-7-14-15(8-16(12)21-3)20-5-4-19-14/h7-8,11,13,17-18H,4-6,9-10H2,1-3H3. The Balaban J connectivity index is 1.96. The highest BCUT2D eigenvalue weighted by Gasteiger charge is 2.15. The third-order valence-corrected chi connectivity index (χ3v) is 4.20. The topological polar surface area (TPSA) is 50.7 Å². The van der Waals surface area contributed by atoms with Crippen molar-refractivity contribution >= 4 is 11.8 Å². The van der Waals surface area contributed by atoms with Gasteiger partial charge in [0.05, 0.1) is 6.10 Å². The van der Waals surface area contributed by atoms with Crippen molar-refractivity contribution in [2.24, 2.45) is 5.92 Å². The van der Waals surface area contributed by atoms with Gasteiger partial charge in [0.25, 0.3) is 0 Å². The Morgan fingerprint density at radius 2 is 1.90 bits per heavy atom. The number of aliphatic hydroxyl groups excluding tert-OH is 1. The van der Waals surface area contributed by atoms with E-state index in [-0.39, 0.29) is 6.10 Å². The first-order valence-electron chi connectivity index (χ1n) is 7.45. The largest absolute Gasteiger partial charge is 0.486 e. The number of fused-ring (bicyclic) bond motifs is 1. The fourth-order valence-corrected chi connectivity index (χ4v) is 3.06. The van der Waals surface area contributed by atoms with Gasteiger partial charge in [0.2, 0.25) is 0 Å². The molecule has 1 aliphatic rings. The van der Waals surface area contributed by atoms with Crippen LogP contribution in [-0.2, 0) is 6.54 Å². The maximum atomic E-state index is 9.90. The van der Waals surface area contributed by atoms with Crippen LogP contribution in [0.2, 0.25) is 0 Å². The lowest BCUT2D eigenvalue weighted by Gasteiger charge is -2.21. The van der Waals surface area contributed by atoms with Crippen molar-refractivity contribution in [2.45, 2.75) is 37.8 Å². The molecule has 0 aliphatic carbocycles. The molecule has 1 heterocycles. The highest BCUT2D eigenvalue weighted by atomic mass is 32.2. The first-order valence-corrected chi connectivity index (χ1v) is 8.68. The maximum Gasteiger partial charge on any atom is 0.162 e. The Kier molecular flexibility index (Phi) is 6.21. The zero-order chi connectivity index (χ0) is 15.2. The quantitative estimate of drug-likeness (QED) is 0.758. The van der Waals surface area contributed by atoms with Crippen molar-refractivity contribution < 1.29 is 14.6 Å². The summed E-state index contributed by atoms with van der Waals surface area (Å²) in [6, 6.07) is 4.09. The molecule has 21 heavy (non-hydrogen) atoms. The summed E-state index contributed by atoms with van der Waals surface area (Å²) in [5.74, 6) is 2.16. The van der Waals surface area contributed by atoms with Gasteiger partial charge in [0, 0.05) is 18.0 Å². The van der Waals surface area contributed by atoms with Crippen molar-refractivity contribution in [1.29, 1.82) is 0 Å². The number of hydrogen-bond donors (Lipinski definition) is 2. The van der Waals surface area contributed by atoms with Gasteiger partial charge in [-0.2, -0.15) is 0 Å². The summed E-state index contributed by atoms with van der Waals surface area (Å²) < 4.78 is 11.2. The van der Waals surface area contributed by atoms with E-state index < -0.39 is 0 Å². The summed E-state index contributed by atoms with van der Waals surface area (Å²) >= 11 is 1.70. The Bertz CT molecular complexity index is 465. The van der Waals surface area contributed by atoms with Gasteiger partial charge >= 0.3 is 0 Å². The van der Waals surface area contributed by atoms with Crippen molar-refractivity contribution in [2.75, 3.05) is 26.0 Å². The average molecular weight is 311 g/mol.